The summed E-state index contributed by atoms with van der Waals surface area (Å²) >= 11 is 0. The van der Waals surface area contributed by atoms with E-state index in [2.05, 4.69) is 141 Å². The Morgan fingerprint density at radius 1 is 0.280 bits per heavy atom. The Morgan fingerprint density at radius 3 is 0.820 bits per heavy atom. The van der Waals surface area contributed by atoms with E-state index in [9.17, 15) is 0 Å². The maximum Gasteiger partial charge on any atom is 0.0351 e. The smallest absolute Gasteiger partial charge is 0.0351 e. The Balaban J connectivity index is 0.000000178. The third kappa shape index (κ3) is 5.32. The Hall–Kier alpha value is -3.90. The zero-order valence-corrected chi connectivity index (χ0v) is 34.1. The van der Waals surface area contributed by atoms with E-state index in [1.165, 1.54) is 94.6 Å². The first-order chi connectivity index (χ1) is 23.5. The van der Waals surface area contributed by atoms with Gasteiger partial charge in [-0.25, -0.2) is 0 Å². The lowest BCUT2D eigenvalue weighted by Gasteiger charge is -2.36. The van der Waals surface area contributed by atoms with Crippen LogP contribution in [0.5, 0.6) is 0 Å². The van der Waals surface area contributed by atoms with Gasteiger partial charge in [-0.3, -0.25) is 0 Å². The molecule has 0 nitrogen and oxygen atoms in total. The molecule has 260 valence electrons. The van der Waals surface area contributed by atoms with Crippen LogP contribution >= 0.6 is 0 Å². The molecule has 0 bridgehead atoms. The van der Waals surface area contributed by atoms with Gasteiger partial charge >= 0.3 is 0 Å². The van der Waals surface area contributed by atoms with Crippen LogP contribution in [0.3, 0.4) is 0 Å². The monoisotopic (exact) mass is 660 g/mol. The molecule has 0 atom stereocenters. The number of benzene rings is 5. The predicted molar refractivity (Wildman–Crippen MR) is 217 cm³/mol. The fourth-order valence-electron chi connectivity index (χ4n) is 9.62. The largest absolute Gasteiger partial charge is 0.0622 e. The van der Waals surface area contributed by atoms with Gasteiger partial charge in [0.2, 0.25) is 0 Å². The molecule has 0 N–H and O–H groups in total. The molecule has 0 fully saturated rings. The quantitative estimate of drug-likeness (QED) is 0.164. The van der Waals surface area contributed by atoms with E-state index in [1.807, 2.05) is 0 Å². The second-order valence-corrected chi connectivity index (χ2v) is 16.1. The van der Waals surface area contributed by atoms with Crippen LogP contribution < -0.4 is 0 Å². The molecule has 0 saturated carbocycles. The normalized spacial score (nSPS) is 13.3. The van der Waals surface area contributed by atoms with Gasteiger partial charge in [0.25, 0.3) is 0 Å². The van der Waals surface area contributed by atoms with E-state index in [-0.39, 0.29) is 0 Å². The van der Waals surface area contributed by atoms with Crippen molar-refractivity contribution in [2.45, 2.75) is 136 Å². The van der Waals surface area contributed by atoms with Crippen molar-refractivity contribution >= 4 is 0 Å². The van der Waals surface area contributed by atoms with Crippen molar-refractivity contribution in [3.63, 3.8) is 0 Å². The first kappa shape index (κ1) is 35.9. The fourth-order valence-corrected chi connectivity index (χ4v) is 9.62. The van der Waals surface area contributed by atoms with Gasteiger partial charge in [0.05, 0.1) is 0 Å². The number of hydrogen-bond acceptors (Lipinski definition) is 0. The minimum atomic E-state index is 0.330. The molecular formula is C50H60. The maximum absolute atomic E-state index is 2.34. The molecule has 0 radical (unpaired) electrons. The molecule has 2 aliphatic rings. The molecule has 2 aliphatic carbocycles. The highest BCUT2D eigenvalue weighted by Crippen LogP contribution is 2.48. The van der Waals surface area contributed by atoms with Crippen molar-refractivity contribution in [1.29, 1.82) is 0 Å². The molecule has 0 aliphatic heterocycles. The molecule has 0 spiro atoms. The third-order valence-electron chi connectivity index (χ3n) is 14.4. The van der Waals surface area contributed by atoms with Crippen LogP contribution in [0.4, 0.5) is 0 Å². The van der Waals surface area contributed by atoms with Crippen LogP contribution in [0.15, 0.2) is 30.3 Å². The molecule has 0 heterocycles. The summed E-state index contributed by atoms with van der Waals surface area (Å²) in [4.78, 5) is 0. The average Bonchev–Trinajstić information content (AvgIpc) is 3.13. The van der Waals surface area contributed by atoms with Crippen molar-refractivity contribution in [2.24, 2.45) is 0 Å². The van der Waals surface area contributed by atoms with Crippen molar-refractivity contribution in [3.8, 4) is 0 Å². The van der Waals surface area contributed by atoms with E-state index in [1.54, 1.807) is 44.5 Å². The number of rotatable bonds is 1. The van der Waals surface area contributed by atoms with E-state index < -0.39 is 0 Å². The van der Waals surface area contributed by atoms with Crippen LogP contribution in [0, 0.1) is 111 Å². The van der Waals surface area contributed by atoms with Gasteiger partial charge in [0.1, 0.15) is 0 Å². The molecule has 5 aromatic rings. The molecule has 0 saturated heterocycles. The van der Waals surface area contributed by atoms with Gasteiger partial charge in [0, 0.05) is 5.92 Å². The predicted octanol–water partition coefficient (Wildman–Crippen LogP) is 12.9. The van der Waals surface area contributed by atoms with Crippen molar-refractivity contribution < 1.29 is 0 Å². The summed E-state index contributed by atoms with van der Waals surface area (Å²) in [5, 5.41) is 0. The zero-order valence-electron chi connectivity index (χ0n) is 34.1. The highest BCUT2D eigenvalue weighted by Gasteiger charge is 2.34. The summed E-state index contributed by atoms with van der Waals surface area (Å²) in [6, 6.07) is 11.1. The second-order valence-electron chi connectivity index (χ2n) is 16.1. The standard InChI is InChI=1S/C28H32.C22H28/c1-15-17(3)21(7)26-24(19(15)5)14-25-20(6)16(2)18(4)22(8)27(25)28(26)23-12-10-9-11-13-23;1-11-12(2)16(6)20-10-22-18(8)14(4)13(3)17(7)21(22)9-19(20)15(11)5/h9-13,28H,14H2,1-8H3;9-10H2,1-8H3. The van der Waals surface area contributed by atoms with Gasteiger partial charge in [-0.1, -0.05) is 30.3 Å². The summed E-state index contributed by atoms with van der Waals surface area (Å²) < 4.78 is 0. The summed E-state index contributed by atoms with van der Waals surface area (Å²) in [7, 11) is 0. The lowest BCUT2D eigenvalue weighted by atomic mass is 9.67. The molecule has 7 rings (SSSR count). The lowest BCUT2D eigenvalue weighted by molar-refractivity contribution is 0.837. The van der Waals surface area contributed by atoms with Crippen molar-refractivity contribution in [2.75, 3.05) is 0 Å². The highest BCUT2D eigenvalue weighted by molar-refractivity contribution is 5.67. The minimum absolute atomic E-state index is 0.330. The van der Waals surface area contributed by atoms with Gasteiger partial charge in [-0.15, -0.1) is 0 Å². The maximum atomic E-state index is 2.34. The first-order valence-corrected chi connectivity index (χ1v) is 18.9. The SMILES string of the molecule is Cc1c(C)c(C)c2c(c1C)Cc1c(C)c(C)c(C)c(C)c1C2.Cc1c(C)c(C)c2c(c1C)Cc1c(C)c(C)c(C)c(C)c1C2c1ccccc1. The van der Waals surface area contributed by atoms with E-state index in [0.717, 1.165) is 19.3 Å². The van der Waals surface area contributed by atoms with Crippen LogP contribution in [0.25, 0.3) is 0 Å². The highest BCUT2D eigenvalue weighted by atomic mass is 14.4. The summed E-state index contributed by atoms with van der Waals surface area (Å²) in [5.74, 6) is 0.330. The Morgan fingerprint density at radius 2 is 0.520 bits per heavy atom. The molecule has 0 aromatic heterocycles. The summed E-state index contributed by atoms with van der Waals surface area (Å²) in [6.07, 6.45) is 3.30. The lowest BCUT2D eigenvalue weighted by Crippen LogP contribution is -2.22. The zero-order chi connectivity index (χ0) is 36.7. The van der Waals surface area contributed by atoms with E-state index in [4.69, 9.17) is 0 Å². The minimum Gasteiger partial charge on any atom is -0.0622 e. The topological polar surface area (TPSA) is 0 Å². The Kier molecular flexibility index (Phi) is 9.35. The average molecular weight is 661 g/mol. The van der Waals surface area contributed by atoms with Gasteiger partial charge in [0.15, 0.2) is 0 Å². The van der Waals surface area contributed by atoms with Crippen LogP contribution in [0.1, 0.15) is 145 Å². The van der Waals surface area contributed by atoms with Gasteiger partial charge < -0.3 is 0 Å². The first-order valence-electron chi connectivity index (χ1n) is 18.9. The van der Waals surface area contributed by atoms with Crippen molar-refractivity contribution in [1.82, 2.24) is 0 Å². The molecule has 0 unspecified atom stereocenters. The number of fused-ring (bicyclic) bond motifs is 4. The Labute approximate surface area is 304 Å². The fraction of sp³-hybridized carbons (Fsp3) is 0.400. The van der Waals surface area contributed by atoms with Crippen LogP contribution in [-0.4, -0.2) is 0 Å². The second kappa shape index (κ2) is 13.0. The van der Waals surface area contributed by atoms with E-state index >= 15 is 0 Å². The van der Waals surface area contributed by atoms with E-state index in [0.29, 0.717) is 5.92 Å². The third-order valence-corrected chi connectivity index (χ3v) is 14.4. The molecule has 50 heavy (non-hydrogen) atoms. The number of hydrogen-bond donors (Lipinski definition) is 0. The Bertz CT molecular complexity index is 2010. The van der Waals surface area contributed by atoms with Gasteiger partial charge in [-0.2, -0.15) is 0 Å². The van der Waals surface area contributed by atoms with Crippen LogP contribution in [-0.2, 0) is 19.3 Å². The van der Waals surface area contributed by atoms with Crippen LogP contribution in [0.2, 0.25) is 0 Å². The molecular weight excluding hydrogens is 601 g/mol. The molecule has 0 heteroatoms. The molecule has 5 aromatic carbocycles. The van der Waals surface area contributed by atoms with Crippen molar-refractivity contribution in [3.05, 3.63) is 169 Å². The summed E-state index contributed by atoms with van der Waals surface area (Å²) in [5.41, 5.74) is 37.8. The van der Waals surface area contributed by atoms with Gasteiger partial charge in [-0.05, 0) is 269 Å². The summed E-state index contributed by atoms with van der Waals surface area (Å²) in [6.45, 7) is 36.9. The molecule has 0 amide bonds.